The van der Waals surface area contributed by atoms with Crippen molar-refractivity contribution in [3.05, 3.63) is 44.9 Å². The first-order chi connectivity index (χ1) is 9.06. The molecule has 19 heavy (non-hydrogen) atoms. The van der Waals surface area contributed by atoms with Gasteiger partial charge in [-0.3, -0.25) is 10.1 Å². The monoisotopic (exact) mass is 280 g/mol. The van der Waals surface area contributed by atoms with Crippen molar-refractivity contribution in [2.45, 2.75) is 26.7 Å². The van der Waals surface area contributed by atoms with E-state index in [1.807, 2.05) is 19.9 Å². The van der Waals surface area contributed by atoms with Gasteiger partial charge >= 0.3 is 5.69 Å². The maximum absolute atomic E-state index is 11.1. The van der Waals surface area contributed by atoms with Crippen LogP contribution in [0.1, 0.15) is 25.2 Å². The van der Waals surface area contributed by atoms with Crippen LogP contribution in [-0.4, -0.2) is 19.7 Å². The number of nitrogens with zero attached hydrogens (tertiary/aromatic N) is 4. The lowest BCUT2D eigenvalue weighted by Crippen LogP contribution is -2.07. The third-order valence-corrected chi connectivity index (χ3v) is 2.99. The lowest BCUT2D eigenvalue weighted by atomic mass is 10.2. The van der Waals surface area contributed by atoms with Gasteiger partial charge in [-0.15, -0.1) is 0 Å². The Morgan fingerprint density at radius 2 is 2.11 bits per heavy atom. The second kappa shape index (κ2) is 5.36. The fourth-order valence-corrected chi connectivity index (χ4v) is 1.94. The third-order valence-electron chi connectivity index (χ3n) is 2.78. The van der Waals surface area contributed by atoms with E-state index in [0.717, 1.165) is 17.8 Å². The van der Waals surface area contributed by atoms with E-state index in [2.05, 4.69) is 10.1 Å². The quantitative estimate of drug-likeness (QED) is 0.490. The molecule has 0 aliphatic carbocycles. The van der Waals surface area contributed by atoms with Gasteiger partial charge in [0.1, 0.15) is 5.15 Å². The first-order valence-electron chi connectivity index (χ1n) is 5.96. The number of nitro groups is 1. The molecular formula is C12H13ClN4O2. The Labute approximate surface area is 115 Å². The molecule has 2 heterocycles. The summed E-state index contributed by atoms with van der Waals surface area (Å²) in [4.78, 5) is 14.6. The lowest BCUT2D eigenvalue weighted by molar-refractivity contribution is -0.384. The summed E-state index contributed by atoms with van der Waals surface area (Å²) >= 11 is 5.83. The Kier molecular flexibility index (Phi) is 3.80. The van der Waals surface area contributed by atoms with E-state index < -0.39 is 4.92 Å². The minimum Gasteiger partial charge on any atom is -0.258 e. The summed E-state index contributed by atoms with van der Waals surface area (Å²) in [6.07, 6.45) is 1.46. The largest absolute Gasteiger partial charge is 0.313 e. The zero-order valence-electron chi connectivity index (χ0n) is 10.6. The Morgan fingerprint density at radius 1 is 1.37 bits per heavy atom. The van der Waals surface area contributed by atoms with E-state index in [4.69, 9.17) is 11.6 Å². The van der Waals surface area contributed by atoms with Crippen LogP contribution < -0.4 is 0 Å². The highest BCUT2D eigenvalue weighted by Crippen LogP contribution is 2.24. The average Bonchev–Trinajstić information content (AvgIpc) is 2.81. The fraction of sp³-hybridized carbons (Fsp3) is 0.333. The molecule has 0 aromatic carbocycles. The van der Waals surface area contributed by atoms with Crippen LogP contribution >= 0.6 is 11.6 Å². The third kappa shape index (κ3) is 2.58. The Morgan fingerprint density at radius 3 is 2.68 bits per heavy atom. The number of hydrogen-bond acceptors (Lipinski definition) is 4. The summed E-state index contributed by atoms with van der Waals surface area (Å²) < 4.78 is 1.50. The summed E-state index contributed by atoms with van der Waals surface area (Å²) in [6.45, 7) is 3.94. The van der Waals surface area contributed by atoms with Crippen molar-refractivity contribution in [3.8, 4) is 5.82 Å². The van der Waals surface area contributed by atoms with E-state index in [9.17, 15) is 10.1 Å². The number of hydrogen-bond donors (Lipinski definition) is 0. The second-order valence-corrected chi connectivity index (χ2v) is 4.37. The summed E-state index contributed by atoms with van der Waals surface area (Å²) in [5.41, 5.74) is 1.63. The van der Waals surface area contributed by atoms with Crippen molar-refractivity contribution < 1.29 is 4.92 Å². The minimum atomic E-state index is -0.481. The number of halogens is 1. The van der Waals surface area contributed by atoms with Crippen LogP contribution in [0.3, 0.4) is 0 Å². The highest BCUT2D eigenvalue weighted by Gasteiger charge is 2.20. The molecule has 0 radical (unpaired) electrons. The molecule has 0 spiro atoms. The molecule has 6 nitrogen and oxygen atoms in total. The molecule has 100 valence electrons. The van der Waals surface area contributed by atoms with Gasteiger partial charge in [0.25, 0.3) is 0 Å². The van der Waals surface area contributed by atoms with Crippen molar-refractivity contribution in [1.82, 2.24) is 14.8 Å². The van der Waals surface area contributed by atoms with Gasteiger partial charge in [0.2, 0.25) is 5.82 Å². The van der Waals surface area contributed by atoms with Crippen LogP contribution in [0.15, 0.2) is 18.2 Å². The van der Waals surface area contributed by atoms with Crippen molar-refractivity contribution in [2.75, 3.05) is 0 Å². The van der Waals surface area contributed by atoms with E-state index in [1.165, 1.54) is 16.8 Å². The van der Waals surface area contributed by atoms with Gasteiger partial charge in [0, 0.05) is 11.8 Å². The molecular weight excluding hydrogens is 268 g/mol. The van der Waals surface area contributed by atoms with Gasteiger partial charge < -0.3 is 0 Å². The Balaban J connectivity index is 2.66. The summed E-state index contributed by atoms with van der Waals surface area (Å²) in [6, 6.07) is 4.67. The van der Waals surface area contributed by atoms with Gasteiger partial charge in [-0.1, -0.05) is 25.4 Å². The zero-order chi connectivity index (χ0) is 14.0. The van der Waals surface area contributed by atoms with E-state index in [-0.39, 0.29) is 16.7 Å². The molecule has 2 aromatic heterocycles. The molecule has 0 bridgehead atoms. The van der Waals surface area contributed by atoms with Crippen LogP contribution in [0.4, 0.5) is 5.69 Å². The molecule has 2 rings (SSSR count). The highest BCUT2D eigenvalue weighted by atomic mass is 35.5. The number of pyridine rings is 1. The highest BCUT2D eigenvalue weighted by molar-refractivity contribution is 6.29. The first kappa shape index (κ1) is 13.5. The molecule has 0 saturated carbocycles. The fourth-order valence-electron chi connectivity index (χ4n) is 1.80. The van der Waals surface area contributed by atoms with Gasteiger partial charge in [-0.2, -0.15) is 5.10 Å². The number of rotatable bonds is 4. The number of aryl methyl sites for hydroxylation is 2. The Hall–Kier alpha value is -1.95. The van der Waals surface area contributed by atoms with Gasteiger partial charge in [0.05, 0.1) is 10.6 Å². The van der Waals surface area contributed by atoms with Crippen LogP contribution in [0.5, 0.6) is 0 Å². The average molecular weight is 281 g/mol. The molecule has 7 heteroatoms. The minimum absolute atomic E-state index is 0.107. The van der Waals surface area contributed by atoms with Crippen molar-refractivity contribution in [2.24, 2.45) is 0 Å². The number of aromatic nitrogens is 3. The SMILES string of the molecule is CCc1cc(CC)n(-c2nc(Cl)ccc2[N+](=O)[O-])n1. The van der Waals surface area contributed by atoms with E-state index in [1.54, 1.807) is 0 Å². The van der Waals surface area contributed by atoms with Crippen molar-refractivity contribution in [1.29, 1.82) is 0 Å². The standard InChI is InChI=1S/C12H13ClN4O2/c1-3-8-7-9(4-2)16(15-8)12-10(17(18)19)5-6-11(13)14-12/h5-7H,3-4H2,1-2H3. The normalized spacial score (nSPS) is 10.7. The maximum Gasteiger partial charge on any atom is 0.313 e. The molecule has 0 aliphatic rings. The summed E-state index contributed by atoms with van der Waals surface area (Å²) in [5.74, 6) is 0.161. The second-order valence-electron chi connectivity index (χ2n) is 3.98. The summed E-state index contributed by atoms with van der Waals surface area (Å²) in [5, 5.41) is 15.6. The van der Waals surface area contributed by atoms with Gasteiger partial charge in [0.15, 0.2) is 0 Å². The van der Waals surface area contributed by atoms with Gasteiger partial charge in [-0.05, 0) is 25.0 Å². The van der Waals surface area contributed by atoms with Crippen LogP contribution in [0.25, 0.3) is 5.82 Å². The van der Waals surface area contributed by atoms with E-state index in [0.29, 0.717) is 6.42 Å². The molecule has 0 unspecified atom stereocenters. The molecule has 0 saturated heterocycles. The molecule has 0 atom stereocenters. The Bertz CT molecular complexity index is 624. The predicted molar refractivity (Wildman–Crippen MR) is 71.8 cm³/mol. The van der Waals surface area contributed by atoms with Crippen LogP contribution in [-0.2, 0) is 12.8 Å². The molecule has 2 aromatic rings. The summed E-state index contributed by atoms with van der Waals surface area (Å²) in [7, 11) is 0. The zero-order valence-corrected chi connectivity index (χ0v) is 11.4. The first-order valence-corrected chi connectivity index (χ1v) is 6.33. The van der Waals surface area contributed by atoms with Gasteiger partial charge in [-0.25, -0.2) is 9.67 Å². The molecule has 0 amide bonds. The van der Waals surface area contributed by atoms with Crippen molar-refractivity contribution >= 4 is 17.3 Å². The molecule has 0 N–H and O–H groups in total. The lowest BCUT2D eigenvalue weighted by Gasteiger charge is -2.05. The topological polar surface area (TPSA) is 73.8 Å². The smallest absolute Gasteiger partial charge is 0.258 e. The predicted octanol–water partition coefficient (Wildman–Crippen LogP) is 2.95. The van der Waals surface area contributed by atoms with E-state index >= 15 is 0 Å². The van der Waals surface area contributed by atoms with Crippen LogP contribution in [0.2, 0.25) is 5.15 Å². The van der Waals surface area contributed by atoms with Crippen molar-refractivity contribution in [3.63, 3.8) is 0 Å². The maximum atomic E-state index is 11.1. The molecule has 0 aliphatic heterocycles. The molecule has 0 fully saturated rings. The van der Waals surface area contributed by atoms with Crippen LogP contribution in [0, 0.1) is 10.1 Å².